The van der Waals surface area contributed by atoms with Gasteiger partial charge in [-0.05, 0) is 19.3 Å². The van der Waals surface area contributed by atoms with Crippen molar-refractivity contribution in [3.63, 3.8) is 0 Å². The Balaban J connectivity index is 3.28. The Morgan fingerprint density at radius 1 is 1.07 bits per heavy atom. The van der Waals surface area contributed by atoms with Crippen LogP contribution in [-0.4, -0.2) is 12.2 Å². The van der Waals surface area contributed by atoms with Crippen LogP contribution >= 0.6 is 11.6 Å². The van der Waals surface area contributed by atoms with Crippen LogP contribution in [0.2, 0.25) is 0 Å². The topological polar surface area (TPSA) is 17.1 Å². The normalized spacial score (nSPS) is 12.7. The van der Waals surface area contributed by atoms with E-state index in [-0.39, 0.29) is 5.92 Å². The maximum atomic E-state index is 10.7. The highest BCUT2D eigenvalue weighted by molar-refractivity contribution is 6.17. The lowest BCUT2D eigenvalue weighted by Gasteiger charge is -2.08. The lowest BCUT2D eigenvalue weighted by atomic mass is 9.97. The van der Waals surface area contributed by atoms with Gasteiger partial charge in [-0.15, -0.1) is 11.6 Å². The zero-order valence-corrected chi connectivity index (χ0v) is 10.1. The summed E-state index contributed by atoms with van der Waals surface area (Å²) in [6.45, 7) is 2.22. The molecule has 0 aromatic rings. The van der Waals surface area contributed by atoms with Crippen LogP contribution in [-0.2, 0) is 4.79 Å². The third-order valence-corrected chi connectivity index (χ3v) is 2.85. The molecule has 1 nitrogen and oxygen atoms in total. The van der Waals surface area contributed by atoms with Crippen LogP contribution in [0.15, 0.2) is 0 Å². The van der Waals surface area contributed by atoms with E-state index < -0.39 is 0 Å². The molecule has 0 aliphatic rings. The highest BCUT2D eigenvalue weighted by Crippen LogP contribution is 2.14. The first kappa shape index (κ1) is 14.0. The zero-order valence-electron chi connectivity index (χ0n) is 9.30. The minimum absolute atomic E-state index is 0.260. The molecule has 2 heteroatoms. The van der Waals surface area contributed by atoms with E-state index in [2.05, 4.69) is 6.92 Å². The summed E-state index contributed by atoms with van der Waals surface area (Å²) in [5, 5.41) is 0. The van der Waals surface area contributed by atoms with E-state index >= 15 is 0 Å². The molecule has 0 saturated heterocycles. The van der Waals surface area contributed by atoms with Crippen LogP contribution in [0.4, 0.5) is 0 Å². The van der Waals surface area contributed by atoms with Crippen molar-refractivity contribution < 1.29 is 4.79 Å². The molecule has 0 aromatic carbocycles. The second-order valence-electron chi connectivity index (χ2n) is 3.93. The van der Waals surface area contributed by atoms with Gasteiger partial charge in [0, 0.05) is 11.8 Å². The van der Waals surface area contributed by atoms with Crippen molar-refractivity contribution >= 4 is 17.9 Å². The number of hydrogen-bond acceptors (Lipinski definition) is 1. The SMILES string of the molecule is CCCCCCCC(C=O)CCCCl. The predicted molar refractivity (Wildman–Crippen MR) is 62.9 cm³/mol. The van der Waals surface area contributed by atoms with Gasteiger partial charge in [0.25, 0.3) is 0 Å². The van der Waals surface area contributed by atoms with Gasteiger partial charge in [0.1, 0.15) is 6.29 Å². The summed E-state index contributed by atoms with van der Waals surface area (Å²) >= 11 is 5.59. The van der Waals surface area contributed by atoms with Crippen LogP contribution in [0, 0.1) is 5.92 Å². The van der Waals surface area contributed by atoms with Gasteiger partial charge < -0.3 is 4.79 Å². The van der Waals surface area contributed by atoms with E-state index in [1.54, 1.807) is 0 Å². The first-order chi connectivity index (χ1) is 6.85. The molecule has 14 heavy (non-hydrogen) atoms. The molecule has 0 amide bonds. The minimum Gasteiger partial charge on any atom is -0.303 e. The monoisotopic (exact) mass is 218 g/mol. The number of rotatable bonds is 10. The average molecular weight is 219 g/mol. The predicted octanol–water partition coefficient (Wildman–Crippen LogP) is 4.18. The Bertz CT molecular complexity index is 125. The fourth-order valence-electron chi connectivity index (χ4n) is 1.63. The van der Waals surface area contributed by atoms with E-state index in [1.807, 2.05) is 0 Å². The molecule has 1 atom stereocenters. The number of carbonyl (C=O) groups is 1. The number of halogens is 1. The number of hydrogen-bond donors (Lipinski definition) is 0. The summed E-state index contributed by atoms with van der Waals surface area (Å²) in [7, 11) is 0. The fraction of sp³-hybridized carbons (Fsp3) is 0.917. The highest BCUT2D eigenvalue weighted by Gasteiger charge is 2.05. The number of carbonyl (C=O) groups excluding carboxylic acids is 1. The summed E-state index contributed by atoms with van der Waals surface area (Å²) < 4.78 is 0. The van der Waals surface area contributed by atoms with Gasteiger partial charge in [-0.25, -0.2) is 0 Å². The van der Waals surface area contributed by atoms with Crippen LogP contribution in [0.5, 0.6) is 0 Å². The summed E-state index contributed by atoms with van der Waals surface area (Å²) in [6.07, 6.45) is 10.5. The molecule has 84 valence electrons. The Labute approximate surface area is 93.2 Å². The van der Waals surface area contributed by atoms with E-state index in [0.29, 0.717) is 5.88 Å². The number of alkyl halides is 1. The standard InChI is InChI=1S/C12H23ClO/c1-2-3-4-5-6-8-12(11-14)9-7-10-13/h11-12H,2-10H2,1H3. The second-order valence-corrected chi connectivity index (χ2v) is 4.31. The van der Waals surface area contributed by atoms with Crippen molar-refractivity contribution in [2.45, 2.75) is 58.3 Å². The molecule has 0 fully saturated rings. The molecule has 0 aliphatic carbocycles. The molecule has 0 rings (SSSR count). The van der Waals surface area contributed by atoms with Crippen molar-refractivity contribution in [2.75, 3.05) is 5.88 Å². The third kappa shape index (κ3) is 8.55. The zero-order chi connectivity index (χ0) is 10.6. The maximum absolute atomic E-state index is 10.7. The molecule has 0 bridgehead atoms. The molecule has 0 heterocycles. The van der Waals surface area contributed by atoms with Crippen LogP contribution in [0.25, 0.3) is 0 Å². The van der Waals surface area contributed by atoms with Crippen molar-refractivity contribution in [3.8, 4) is 0 Å². The number of unbranched alkanes of at least 4 members (excludes halogenated alkanes) is 4. The van der Waals surface area contributed by atoms with E-state index in [1.165, 1.54) is 32.1 Å². The highest BCUT2D eigenvalue weighted by atomic mass is 35.5. The second kappa shape index (κ2) is 11.0. The van der Waals surface area contributed by atoms with Gasteiger partial charge >= 0.3 is 0 Å². The van der Waals surface area contributed by atoms with Crippen molar-refractivity contribution in [1.82, 2.24) is 0 Å². The van der Waals surface area contributed by atoms with Crippen molar-refractivity contribution in [2.24, 2.45) is 5.92 Å². The Morgan fingerprint density at radius 3 is 2.29 bits per heavy atom. The van der Waals surface area contributed by atoms with Gasteiger partial charge in [0.15, 0.2) is 0 Å². The molecule has 0 radical (unpaired) electrons. The van der Waals surface area contributed by atoms with Crippen molar-refractivity contribution in [3.05, 3.63) is 0 Å². The number of aldehydes is 1. The van der Waals surface area contributed by atoms with Gasteiger partial charge in [-0.1, -0.05) is 39.0 Å². The Kier molecular flexibility index (Phi) is 11.0. The fourth-order valence-corrected chi connectivity index (χ4v) is 1.78. The van der Waals surface area contributed by atoms with Crippen LogP contribution in [0.1, 0.15) is 58.3 Å². The molecule has 0 aromatic heterocycles. The smallest absolute Gasteiger partial charge is 0.123 e. The van der Waals surface area contributed by atoms with Crippen molar-refractivity contribution in [1.29, 1.82) is 0 Å². The Hall–Kier alpha value is -0.0400. The van der Waals surface area contributed by atoms with E-state index in [0.717, 1.165) is 25.5 Å². The van der Waals surface area contributed by atoms with E-state index in [9.17, 15) is 4.79 Å². The van der Waals surface area contributed by atoms with E-state index in [4.69, 9.17) is 11.6 Å². The molecular weight excluding hydrogens is 196 g/mol. The summed E-state index contributed by atoms with van der Waals surface area (Å²) in [5.74, 6) is 0.940. The van der Waals surface area contributed by atoms with Gasteiger partial charge in [0.05, 0.1) is 0 Å². The third-order valence-electron chi connectivity index (χ3n) is 2.58. The van der Waals surface area contributed by atoms with Gasteiger partial charge in [0.2, 0.25) is 0 Å². The minimum atomic E-state index is 0.260. The first-order valence-corrected chi connectivity index (χ1v) is 6.39. The summed E-state index contributed by atoms with van der Waals surface area (Å²) in [4.78, 5) is 10.7. The molecule has 1 unspecified atom stereocenters. The lowest BCUT2D eigenvalue weighted by Crippen LogP contribution is -2.02. The molecule has 0 spiro atoms. The summed E-state index contributed by atoms with van der Waals surface area (Å²) in [5.41, 5.74) is 0. The lowest BCUT2D eigenvalue weighted by molar-refractivity contribution is -0.111. The van der Waals surface area contributed by atoms with Gasteiger partial charge in [-0.3, -0.25) is 0 Å². The molecule has 0 aliphatic heterocycles. The van der Waals surface area contributed by atoms with Crippen LogP contribution < -0.4 is 0 Å². The Morgan fingerprint density at radius 2 is 1.71 bits per heavy atom. The van der Waals surface area contributed by atoms with Gasteiger partial charge in [-0.2, -0.15) is 0 Å². The molecule has 0 N–H and O–H groups in total. The first-order valence-electron chi connectivity index (χ1n) is 5.86. The average Bonchev–Trinajstić information content (AvgIpc) is 2.22. The van der Waals surface area contributed by atoms with Crippen LogP contribution in [0.3, 0.4) is 0 Å². The largest absolute Gasteiger partial charge is 0.303 e. The quantitative estimate of drug-likeness (QED) is 0.306. The maximum Gasteiger partial charge on any atom is 0.123 e. The summed E-state index contributed by atoms with van der Waals surface area (Å²) in [6, 6.07) is 0. The molecule has 0 saturated carbocycles. The molecular formula is C12H23ClO.